The van der Waals surface area contributed by atoms with E-state index in [-0.39, 0.29) is 10.8 Å². The minimum atomic E-state index is -0.000269. The molecule has 20 heavy (non-hydrogen) atoms. The van der Waals surface area contributed by atoms with Crippen LogP contribution in [0, 0.1) is 0 Å². The van der Waals surface area contributed by atoms with Crippen LogP contribution in [-0.4, -0.2) is 6.41 Å². The SMILES string of the molecule is CCC(C)(C)c1ccc(ONC=O)c(C(C)(C)CC)c1. The Labute approximate surface area is 122 Å². The van der Waals surface area contributed by atoms with Crippen molar-refractivity contribution in [2.24, 2.45) is 0 Å². The molecular formula is C17H27NO2. The molecule has 1 rings (SSSR count). The lowest BCUT2D eigenvalue weighted by molar-refractivity contribution is -0.115. The minimum absolute atomic E-state index is 0.000269. The normalized spacial score (nSPS) is 12.1. The van der Waals surface area contributed by atoms with Gasteiger partial charge in [0.1, 0.15) is 0 Å². The largest absolute Gasteiger partial charge is 0.379 e. The zero-order chi connectivity index (χ0) is 15.4. The van der Waals surface area contributed by atoms with E-state index in [1.165, 1.54) is 5.56 Å². The standard InChI is InChI=1S/C17H27NO2/c1-7-16(3,4)13-9-10-15(20-18-12-19)14(11-13)17(5,6)8-2/h9-12H,7-8H2,1-6H3,(H,18,19). The summed E-state index contributed by atoms with van der Waals surface area (Å²) < 4.78 is 0. The molecule has 0 bridgehead atoms. The van der Waals surface area contributed by atoms with Crippen molar-refractivity contribution in [2.75, 3.05) is 0 Å². The predicted molar refractivity (Wildman–Crippen MR) is 82.9 cm³/mol. The molecule has 0 spiro atoms. The highest BCUT2D eigenvalue weighted by molar-refractivity contribution is 5.47. The first-order valence-electron chi connectivity index (χ1n) is 7.29. The number of hydrogen-bond acceptors (Lipinski definition) is 2. The summed E-state index contributed by atoms with van der Waals surface area (Å²) >= 11 is 0. The second-order valence-corrected chi connectivity index (χ2v) is 6.52. The van der Waals surface area contributed by atoms with E-state index in [0.29, 0.717) is 6.41 Å². The maximum atomic E-state index is 10.4. The van der Waals surface area contributed by atoms with Crippen molar-refractivity contribution in [3.05, 3.63) is 29.3 Å². The van der Waals surface area contributed by atoms with Gasteiger partial charge >= 0.3 is 0 Å². The second kappa shape index (κ2) is 6.29. The summed E-state index contributed by atoms with van der Waals surface area (Å²) in [5.41, 5.74) is 4.86. The second-order valence-electron chi connectivity index (χ2n) is 6.52. The van der Waals surface area contributed by atoms with Crippen molar-refractivity contribution in [3.8, 4) is 5.75 Å². The summed E-state index contributed by atoms with van der Waals surface area (Å²) in [4.78, 5) is 15.8. The Morgan fingerprint density at radius 1 is 1.10 bits per heavy atom. The van der Waals surface area contributed by atoms with E-state index < -0.39 is 0 Å². The molecule has 0 saturated heterocycles. The minimum Gasteiger partial charge on any atom is -0.379 e. The van der Waals surface area contributed by atoms with E-state index in [2.05, 4.69) is 59.2 Å². The summed E-state index contributed by atoms with van der Waals surface area (Å²) in [6.45, 7) is 13.2. The van der Waals surface area contributed by atoms with Gasteiger partial charge < -0.3 is 4.84 Å². The van der Waals surface area contributed by atoms with Crippen LogP contribution in [0.15, 0.2) is 18.2 Å². The molecule has 0 atom stereocenters. The van der Waals surface area contributed by atoms with Crippen LogP contribution in [-0.2, 0) is 15.6 Å². The third-order valence-corrected chi connectivity index (χ3v) is 4.47. The summed E-state index contributed by atoms with van der Waals surface area (Å²) in [5.74, 6) is 0.722. The lowest BCUT2D eigenvalue weighted by atomic mass is 9.76. The van der Waals surface area contributed by atoms with Crippen LogP contribution in [0.1, 0.15) is 65.5 Å². The molecule has 0 fully saturated rings. The number of rotatable bonds is 7. The molecule has 1 N–H and O–H groups in total. The van der Waals surface area contributed by atoms with Gasteiger partial charge in [-0.1, -0.05) is 53.7 Å². The van der Waals surface area contributed by atoms with Crippen LogP contribution < -0.4 is 10.3 Å². The van der Waals surface area contributed by atoms with E-state index in [9.17, 15) is 4.79 Å². The summed E-state index contributed by atoms with van der Waals surface area (Å²) in [6.07, 6.45) is 2.62. The third-order valence-electron chi connectivity index (χ3n) is 4.47. The number of carbonyl (C=O) groups is 1. The fourth-order valence-electron chi connectivity index (χ4n) is 2.05. The summed E-state index contributed by atoms with van der Waals surface area (Å²) in [5, 5.41) is 0. The summed E-state index contributed by atoms with van der Waals surface area (Å²) in [6, 6.07) is 6.26. The van der Waals surface area contributed by atoms with Crippen molar-refractivity contribution in [2.45, 2.75) is 65.2 Å². The lowest BCUT2D eigenvalue weighted by Crippen LogP contribution is -2.24. The Hall–Kier alpha value is -1.51. The van der Waals surface area contributed by atoms with Gasteiger partial charge in [-0.3, -0.25) is 4.79 Å². The Morgan fingerprint density at radius 2 is 1.70 bits per heavy atom. The van der Waals surface area contributed by atoms with E-state index in [1.54, 1.807) is 0 Å². The molecule has 1 amide bonds. The zero-order valence-corrected chi connectivity index (χ0v) is 13.5. The molecule has 0 aliphatic carbocycles. The fraction of sp³-hybridized carbons (Fsp3) is 0.588. The van der Waals surface area contributed by atoms with Gasteiger partial charge in [0.25, 0.3) is 0 Å². The monoisotopic (exact) mass is 277 g/mol. The van der Waals surface area contributed by atoms with Crippen molar-refractivity contribution >= 4 is 6.41 Å². The predicted octanol–water partition coefficient (Wildman–Crippen LogP) is 4.10. The fourth-order valence-corrected chi connectivity index (χ4v) is 2.05. The van der Waals surface area contributed by atoms with Crippen molar-refractivity contribution in [1.82, 2.24) is 5.48 Å². The Bertz CT molecular complexity index is 464. The van der Waals surface area contributed by atoms with Crippen molar-refractivity contribution in [3.63, 3.8) is 0 Å². The van der Waals surface area contributed by atoms with Gasteiger partial charge in [0.15, 0.2) is 5.75 Å². The van der Waals surface area contributed by atoms with Crippen LogP contribution in [0.5, 0.6) is 5.75 Å². The van der Waals surface area contributed by atoms with Gasteiger partial charge in [0, 0.05) is 5.56 Å². The molecule has 0 heterocycles. The zero-order valence-electron chi connectivity index (χ0n) is 13.5. The smallest absolute Gasteiger partial charge is 0.239 e. The summed E-state index contributed by atoms with van der Waals surface area (Å²) in [7, 11) is 0. The molecule has 0 aliphatic heterocycles. The molecule has 0 saturated carbocycles. The van der Waals surface area contributed by atoms with Crippen LogP contribution in [0.3, 0.4) is 0 Å². The number of hydroxylamine groups is 1. The average Bonchev–Trinajstić information content (AvgIpc) is 2.44. The van der Waals surface area contributed by atoms with Gasteiger partial charge in [-0.15, -0.1) is 0 Å². The first-order valence-corrected chi connectivity index (χ1v) is 7.29. The average molecular weight is 277 g/mol. The highest BCUT2D eigenvalue weighted by Gasteiger charge is 2.26. The molecule has 1 aromatic rings. The lowest BCUT2D eigenvalue weighted by Gasteiger charge is -2.30. The van der Waals surface area contributed by atoms with Gasteiger partial charge in [0.2, 0.25) is 6.41 Å². The molecule has 3 heteroatoms. The van der Waals surface area contributed by atoms with Gasteiger partial charge in [-0.2, -0.15) is 5.48 Å². The molecular weight excluding hydrogens is 250 g/mol. The molecule has 1 aromatic carbocycles. The topological polar surface area (TPSA) is 38.3 Å². The Kier molecular flexibility index (Phi) is 5.21. The first-order chi connectivity index (χ1) is 9.28. The Balaban J connectivity index is 3.32. The van der Waals surface area contributed by atoms with Gasteiger partial charge in [0.05, 0.1) is 0 Å². The first kappa shape index (κ1) is 16.5. The van der Waals surface area contributed by atoms with Crippen LogP contribution in [0.4, 0.5) is 0 Å². The number of nitrogens with one attached hydrogen (secondary N) is 1. The molecule has 0 unspecified atom stereocenters. The quantitative estimate of drug-likeness (QED) is 0.602. The van der Waals surface area contributed by atoms with E-state index >= 15 is 0 Å². The number of carbonyl (C=O) groups excluding carboxylic acids is 1. The number of amides is 1. The molecule has 0 aliphatic rings. The van der Waals surface area contributed by atoms with Gasteiger partial charge in [-0.25, -0.2) is 0 Å². The molecule has 0 aromatic heterocycles. The van der Waals surface area contributed by atoms with Gasteiger partial charge in [-0.05, 0) is 35.3 Å². The van der Waals surface area contributed by atoms with E-state index in [0.717, 1.165) is 24.2 Å². The number of benzene rings is 1. The van der Waals surface area contributed by atoms with Crippen LogP contribution >= 0.6 is 0 Å². The van der Waals surface area contributed by atoms with Crippen molar-refractivity contribution in [1.29, 1.82) is 0 Å². The van der Waals surface area contributed by atoms with E-state index in [1.807, 2.05) is 6.07 Å². The maximum absolute atomic E-state index is 10.4. The molecule has 0 radical (unpaired) electrons. The van der Waals surface area contributed by atoms with Crippen molar-refractivity contribution < 1.29 is 9.63 Å². The molecule has 112 valence electrons. The molecule has 3 nitrogen and oxygen atoms in total. The Morgan fingerprint density at radius 3 is 2.20 bits per heavy atom. The third kappa shape index (κ3) is 3.53. The van der Waals surface area contributed by atoms with Crippen LogP contribution in [0.2, 0.25) is 0 Å². The van der Waals surface area contributed by atoms with E-state index in [4.69, 9.17) is 4.84 Å². The highest BCUT2D eigenvalue weighted by Crippen LogP contribution is 2.38. The maximum Gasteiger partial charge on any atom is 0.239 e. The van der Waals surface area contributed by atoms with Crippen LogP contribution in [0.25, 0.3) is 0 Å². The number of hydrogen-bond donors (Lipinski definition) is 1. The highest BCUT2D eigenvalue weighted by atomic mass is 16.7.